The Morgan fingerprint density at radius 1 is 1.16 bits per heavy atom. The first-order chi connectivity index (χ1) is 10.7. The SMILES string of the molecule is [2H]C1([2H])C[C@H]2[C@@H]3CCc4cc(O)ccc4[C@H]3CC[C@]2([2H])[C@@]1([2H])O. The highest BCUT2D eigenvalue weighted by Crippen LogP contribution is 2.55. The molecule has 2 N–H and O–H groups in total. The molecule has 0 bridgehead atoms. The molecule has 1 aromatic rings. The summed E-state index contributed by atoms with van der Waals surface area (Å²) in [5.74, 6) is -1.07. The van der Waals surface area contributed by atoms with Gasteiger partial charge in [0.15, 0.2) is 0 Å². The van der Waals surface area contributed by atoms with E-state index in [0.29, 0.717) is 12.8 Å². The van der Waals surface area contributed by atoms with Crippen molar-refractivity contribution in [1.29, 1.82) is 0 Å². The molecule has 3 aliphatic rings. The van der Waals surface area contributed by atoms with Crippen molar-refractivity contribution >= 4 is 0 Å². The second-order valence-electron chi connectivity index (χ2n) is 6.09. The van der Waals surface area contributed by atoms with Crippen LogP contribution >= 0.6 is 0 Å². The molecule has 1 aromatic carbocycles. The van der Waals surface area contributed by atoms with Crippen LogP contribution in [0.15, 0.2) is 18.2 Å². The van der Waals surface area contributed by atoms with Crippen molar-refractivity contribution in [3.05, 3.63) is 29.3 Å². The standard InChI is InChI=1S/C17H22O2/c18-11-2-4-12-10(9-11)1-3-14-13(12)5-6-16-15(14)7-8-17(16)19/h2,4,9,13-19H,1,3,5-8H2/t13-,14-,15+,16+,17+/m1/s1/i8D2,16D,17D. The maximum atomic E-state index is 10.5. The topological polar surface area (TPSA) is 40.5 Å². The summed E-state index contributed by atoms with van der Waals surface area (Å²) in [5, 5.41) is 20.1. The van der Waals surface area contributed by atoms with Gasteiger partial charge in [-0.15, -0.1) is 0 Å². The summed E-state index contributed by atoms with van der Waals surface area (Å²) in [6, 6.07) is 5.45. The lowest BCUT2D eigenvalue weighted by Gasteiger charge is -2.44. The molecule has 2 heteroatoms. The summed E-state index contributed by atoms with van der Waals surface area (Å²) >= 11 is 0. The number of rotatable bonds is 0. The van der Waals surface area contributed by atoms with Gasteiger partial charge in [-0.3, -0.25) is 0 Å². The fourth-order valence-electron chi connectivity index (χ4n) is 4.42. The van der Waals surface area contributed by atoms with Crippen molar-refractivity contribution in [2.45, 2.75) is 50.5 Å². The van der Waals surface area contributed by atoms with Gasteiger partial charge in [-0.1, -0.05) is 6.07 Å². The van der Waals surface area contributed by atoms with Crippen LogP contribution in [0.3, 0.4) is 0 Å². The van der Waals surface area contributed by atoms with Crippen LogP contribution < -0.4 is 0 Å². The van der Waals surface area contributed by atoms with E-state index in [9.17, 15) is 10.2 Å². The van der Waals surface area contributed by atoms with Crippen LogP contribution in [0.2, 0.25) is 0 Å². The van der Waals surface area contributed by atoms with Crippen LogP contribution in [0.5, 0.6) is 5.75 Å². The molecule has 5 atom stereocenters. The second kappa shape index (κ2) is 4.24. The summed E-state index contributed by atoms with van der Waals surface area (Å²) < 4.78 is 33.0. The summed E-state index contributed by atoms with van der Waals surface area (Å²) in [4.78, 5) is 0. The first-order valence-corrected chi connectivity index (χ1v) is 7.21. The Labute approximate surface area is 120 Å². The van der Waals surface area contributed by atoms with Crippen LogP contribution in [-0.4, -0.2) is 16.3 Å². The van der Waals surface area contributed by atoms with Crippen LogP contribution in [0.1, 0.15) is 54.6 Å². The van der Waals surface area contributed by atoms with Gasteiger partial charge in [0.05, 0.1) is 7.45 Å². The molecule has 0 saturated heterocycles. The van der Waals surface area contributed by atoms with E-state index in [1.807, 2.05) is 12.1 Å². The molecule has 2 nitrogen and oxygen atoms in total. The highest BCUT2D eigenvalue weighted by atomic mass is 16.3. The first kappa shape index (κ1) is 8.31. The third-order valence-corrected chi connectivity index (χ3v) is 5.27. The average Bonchev–Trinajstić information content (AvgIpc) is 2.62. The summed E-state index contributed by atoms with van der Waals surface area (Å²) in [6.07, 6.45) is -1.62. The average molecular weight is 262 g/mol. The van der Waals surface area contributed by atoms with Gasteiger partial charge < -0.3 is 10.2 Å². The zero-order chi connectivity index (χ0) is 16.6. The fourth-order valence-corrected chi connectivity index (χ4v) is 4.42. The van der Waals surface area contributed by atoms with E-state index in [1.54, 1.807) is 6.07 Å². The Morgan fingerprint density at radius 3 is 2.95 bits per heavy atom. The molecule has 0 spiro atoms. The Morgan fingerprint density at radius 2 is 2.05 bits per heavy atom. The van der Waals surface area contributed by atoms with E-state index in [1.165, 1.54) is 5.56 Å². The number of phenolic OH excluding ortho intramolecular Hbond substituents is 1. The Hall–Kier alpha value is -1.02. The minimum Gasteiger partial charge on any atom is -0.508 e. The molecule has 3 aliphatic carbocycles. The highest BCUT2D eigenvalue weighted by molar-refractivity contribution is 5.39. The minimum absolute atomic E-state index is 0.0884. The largest absolute Gasteiger partial charge is 0.508 e. The Bertz CT molecular complexity index is 660. The quantitative estimate of drug-likeness (QED) is 0.753. The number of fused-ring (bicyclic) bond motifs is 5. The molecule has 2 saturated carbocycles. The van der Waals surface area contributed by atoms with Crippen molar-refractivity contribution in [2.24, 2.45) is 17.7 Å². The molecule has 0 radical (unpaired) electrons. The number of aryl methyl sites for hydroxylation is 1. The monoisotopic (exact) mass is 262 g/mol. The number of hydrogen-bond donors (Lipinski definition) is 2. The van der Waals surface area contributed by atoms with E-state index in [4.69, 9.17) is 5.48 Å². The third kappa shape index (κ3) is 1.73. The van der Waals surface area contributed by atoms with Gasteiger partial charge in [0.2, 0.25) is 0 Å². The lowest BCUT2D eigenvalue weighted by molar-refractivity contribution is 0.0566. The first-order valence-electron chi connectivity index (χ1n) is 9.21. The molecule has 0 unspecified atom stereocenters. The second-order valence-corrected chi connectivity index (χ2v) is 6.09. The van der Waals surface area contributed by atoms with Crippen LogP contribution in [0.25, 0.3) is 0 Å². The molecule has 19 heavy (non-hydrogen) atoms. The van der Waals surface area contributed by atoms with E-state index in [0.717, 1.165) is 18.4 Å². The van der Waals surface area contributed by atoms with E-state index >= 15 is 0 Å². The Balaban J connectivity index is 1.75. The highest BCUT2D eigenvalue weighted by Gasteiger charge is 2.47. The maximum absolute atomic E-state index is 10.5. The van der Waals surface area contributed by atoms with Gasteiger partial charge >= 0.3 is 0 Å². The number of hydrogen-bond acceptors (Lipinski definition) is 2. The summed E-state index contributed by atoms with van der Waals surface area (Å²) in [7, 11) is 0. The van der Waals surface area contributed by atoms with Crippen LogP contribution in [0, 0.1) is 17.7 Å². The Kier molecular flexibility index (Phi) is 1.85. The van der Waals surface area contributed by atoms with Gasteiger partial charge in [0.25, 0.3) is 0 Å². The number of aromatic hydroxyl groups is 1. The predicted molar refractivity (Wildman–Crippen MR) is 74.1 cm³/mol. The van der Waals surface area contributed by atoms with Gasteiger partial charge in [-0.2, -0.15) is 0 Å². The zero-order valence-corrected chi connectivity index (χ0v) is 10.9. The van der Waals surface area contributed by atoms with E-state index in [-0.39, 0.29) is 29.9 Å². The third-order valence-electron chi connectivity index (χ3n) is 5.27. The molecular formula is C17H22O2. The van der Waals surface area contributed by atoms with Crippen molar-refractivity contribution in [1.82, 2.24) is 0 Å². The van der Waals surface area contributed by atoms with E-state index in [2.05, 4.69) is 0 Å². The maximum Gasteiger partial charge on any atom is 0.115 e. The van der Waals surface area contributed by atoms with Crippen molar-refractivity contribution in [2.75, 3.05) is 0 Å². The lowest BCUT2D eigenvalue weighted by Crippen LogP contribution is -2.36. The molecule has 0 aromatic heterocycles. The zero-order valence-electron chi connectivity index (χ0n) is 14.9. The lowest BCUT2D eigenvalue weighted by atomic mass is 9.61. The summed E-state index contributed by atoms with van der Waals surface area (Å²) in [5.41, 5.74) is 2.34. The van der Waals surface area contributed by atoms with Crippen LogP contribution in [0.4, 0.5) is 0 Å². The smallest absolute Gasteiger partial charge is 0.115 e. The molecule has 4 rings (SSSR count). The normalized spacial score (nSPS) is 53.8. The molecule has 0 amide bonds. The molecule has 2 fully saturated rings. The summed E-state index contributed by atoms with van der Waals surface area (Å²) in [6.45, 7) is 0. The number of phenols is 1. The van der Waals surface area contributed by atoms with Crippen molar-refractivity contribution in [3.8, 4) is 5.75 Å². The predicted octanol–water partition coefficient (Wildman–Crippen LogP) is 3.22. The molecule has 0 heterocycles. The fraction of sp³-hybridized carbons (Fsp3) is 0.647. The molecule has 102 valence electrons. The minimum atomic E-state index is -2.34. The van der Waals surface area contributed by atoms with Crippen LogP contribution in [-0.2, 0) is 6.42 Å². The van der Waals surface area contributed by atoms with Gasteiger partial charge in [0, 0.05) is 4.11 Å². The molecule has 0 aliphatic heterocycles. The molecular weight excluding hydrogens is 236 g/mol. The number of aliphatic hydroxyl groups is 1. The van der Waals surface area contributed by atoms with Gasteiger partial charge in [0.1, 0.15) is 5.75 Å². The van der Waals surface area contributed by atoms with Crippen molar-refractivity contribution in [3.63, 3.8) is 0 Å². The van der Waals surface area contributed by atoms with Gasteiger partial charge in [-0.25, -0.2) is 0 Å². The van der Waals surface area contributed by atoms with Crippen molar-refractivity contribution < 1.29 is 15.7 Å². The van der Waals surface area contributed by atoms with E-state index < -0.39 is 18.3 Å². The number of benzene rings is 1. The van der Waals surface area contributed by atoms with Gasteiger partial charge in [-0.05, 0) is 85.4 Å².